The second-order valence-corrected chi connectivity index (χ2v) is 7.39. The van der Waals surface area contributed by atoms with Gasteiger partial charge in [-0.25, -0.2) is 0 Å². The summed E-state index contributed by atoms with van der Waals surface area (Å²) in [5.74, 6) is 1.52. The Balaban J connectivity index is 1.53. The van der Waals surface area contributed by atoms with Gasteiger partial charge in [-0.15, -0.1) is 0 Å². The highest BCUT2D eigenvalue weighted by molar-refractivity contribution is 6.30. The molecular formula is C22H29ClN2O2. The van der Waals surface area contributed by atoms with Crippen LogP contribution in [0, 0.1) is 0 Å². The number of likely N-dealkylation sites (N-methyl/N-ethyl adjacent to an activating group) is 1. The van der Waals surface area contributed by atoms with Crippen molar-refractivity contribution in [3.63, 3.8) is 0 Å². The van der Waals surface area contributed by atoms with E-state index in [0.717, 1.165) is 41.7 Å². The Kier molecular flexibility index (Phi) is 7.39. The van der Waals surface area contributed by atoms with Gasteiger partial charge in [0.15, 0.2) is 11.5 Å². The second-order valence-electron chi connectivity index (χ2n) is 6.96. The van der Waals surface area contributed by atoms with Gasteiger partial charge in [0.1, 0.15) is 6.61 Å². The summed E-state index contributed by atoms with van der Waals surface area (Å²) in [4.78, 5) is 2.56. The maximum Gasteiger partial charge on any atom is 0.161 e. The normalized spacial score (nSPS) is 17.2. The van der Waals surface area contributed by atoms with Crippen molar-refractivity contribution in [2.45, 2.75) is 39.0 Å². The average molecular weight is 389 g/mol. The van der Waals surface area contributed by atoms with E-state index in [4.69, 9.17) is 21.1 Å². The summed E-state index contributed by atoms with van der Waals surface area (Å²) in [6.07, 6.45) is 2.61. The summed E-state index contributed by atoms with van der Waals surface area (Å²) in [7, 11) is 1.68. The molecule has 0 aromatic heterocycles. The molecule has 1 atom stereocenters. The Hall–Kier alpha value is -1.75. The molecule has 0 bridgehead atoms. The Morgan fingerprint density at radius 3 is 2.63 bits per heavy atom. The zero-order valence-corrected chi connectivity index (χ0v) is 17.0. The van der Waals surface area contributed by atoms with Crippen LogP contribution in [-0.4, -0.2) is 37.7 Å². The van der Waals surface area contributed by atoms with Crippen molar-refractivity contribution < 1.29 is 9.47 Å². The zero-order chi connectivity index (χ0) is 19.1. The first-order valence-electron chi connectivity index (χ1n) is 9.68. The quantitative estimate of drug-likeness (QED) is 0.685. The van der Waals surface area contributed by atoms with Crippen molar-refractivity contribution in [1.82, 2.24) is 10.2 Å². The molecule has 27 heavy (non-hydrogen) atoms. The standard InChI is InChI=1S/C22H29ClN2O2/c1-3-25-12-4-5-20(25)15-24-14-18-8-11-21(22(13-18)26-2)27-16-17-6-9-19(23)10-7-17/h6-11,13,20,24H,3-5,12,14-16H2,1-2H3. The molecule has 0 amide bonds. The molecule has 1 aliphatic rings. The van der Waals surface area contributed by atoms with Crippen molar-refractivity contribution in [3.05, 3.63) is 58.6 Å². The van der Waals surface area contributed by atoms with E-state index < -0.39 is 0 Å². The highest BCUT2D eigenvalue weighted by Gasteiger charge is 2.22. The third-order valence-corrected chi connectivity index (χ3v) is 5.40. The molecule has 0 saturated carbocycles. The molecule has 0 spiro atoms. The molecule has 0 radical (unpaired) electrons. The summed E-state index contributed by atoms with van der Waals surface area (Å²) in [5.41, 5.74) is 2.27. The summed E-state index contributed by atoms with van der Waals surface area (Å²) in [6.45, 7) is 6.97. The van der Waals surface area contributed by atoms with E-state index in [9.17, 15) is 0 Å². The fourth-order valence-corrected chi connectivity index (χ4v) is 3.73. The van der Waals surface area contributed by atoms with E-state index in [1.807, 2.05) is 30.3 Å². The maximum absolute atomic E-state index is 5.93. The van der Waals surface area contributed by atoms with E-state index in [0.29, 0.717) is 12.6 Å². The highest BCUT2D eigenvalue weighted by Crippen LogP contribution is 2.29. The number of hydrogen-bond acceptors (Lipinski definition) is 4. The topological polar surface area (TPSA) is 33.7 Å². The first kappa shape index (κ1) is 20.0. The summed E-state index contributed by atoms with van der Waals surface area (Å²) in [6, 6.07) is 14.5. The minimum absolute atomic E-state index is 0.486. The Morgan fingerprint density at radius 1 is 1.11 bits per heavy atom. The predicted molar refractivity (Wildman–Crippen MR) is 111 cm³/mol. The molecular weight excluding hydrogens is 360 g/mol. The smallest absolute Gasteiger partial charge is 0.161 e. The molecule has 5 heteroatoms. The molecule has 3 rings (SSSR count). The lowest BCUT2D eigenvalue weighted by Crippen LogP contribution is -2.37. The Bertz CT molecular complexity index is 721. The van der Waals surface area contributed by atoms with E-state index in [1.54, 1.807) is 7.11 Å². The molecule has 1 unspecified atom stereocenters. The van der Waals surface area contributed by atoms with Gasteiger partial charge in [0.2, 0.25) is 0 Å². The number of nitrogens with zero attached hydrogens (tertiary/aromatic N) is 1. The van der Waals surface area contributed by atoms with Crippen LogP contribution in [0.2, 0.25) is 5.02 Å². The van der Waals surface area contributed by atoms with Gasteiger partial charge in [0, 0.05) is 24.2 Å². The van der Waals surface area contributed by atoms with E-state index in [2.05, 4.69) is 29.3 Å². The maximum atomic E-state index is 5.93. The number of methoxy groups -OCH3 is 1. The molecule has 1 fully saturated rings. The number of halogens is 1. The van der Waals surface area contributed by atoms with Gasteiger partial charge in [0.25, 0.3) is 0 Å². The van der Waals surface area contributed by atoms with E-state index >= 15 is 0 Å². The van der Waals surface area contributed by atoms with Crippen molar-refractivity contribution in [1.29, 1.82) is 0 Å². The minimum atomic E-state index is 0.486. The molecule has 1 N–H and O–H groups in total. The Labute approximate surface area is 167 Å². The molecule has 0 aliphatic carbocycles. The number of rotatable bonds is 9. The summed E-state index contributed by atoms with van der Waals surface area (Å²) < 4.78 is 11.5. The van der Waals surface area contributed by atoms with Crippen LogP contribution in [0.5, 0.6) is 11.5 Å². The van der Waals surface area contributed by atoms with Crippen LogP contribution in [0.25, 0.3) is 0 Å². The lowest BCUT2D eigenvalue weighted by molar-refractivity contribution is 0.260. The number of ether oxygens (including phenoxy) is 2. The van der Waals surface area contributed by atoms with Crippen LogP contribution < -0.4 is 14.8 Å². The van der Waals surface area contributed by atoms with Gasteiger partial charge in [-0.1, -0.05) is 36.7 Å². The van der Waals surface area contributed by atoms with Crippen LogP contribution >= 0.6 is 11.6 Å². The summed E-state index contributed by atoms with van der Waals surface area (Å²) in [5, 5.41) is 4.32. The third kappa shape index (κ3) is 5.61. The van der Waals surface area contributed by atoms with Gasteiger partial charge in [-0.3, -0.25) is 4.90 Å². The first-order chi connectivity index (χ1) is 13.2. The van der Waals surface area contributed by atoms with Crippen LogP contribution in [0.3, 0.4) is 0 Å². The Morgan fingerprint density at radius 2 is 1.89 bits per heavy atom. The first-order valence-corrected chi connectivity index (χ1v) is 10.1. The predicted octanol–water partition coefficient (Wildman–Crippen LogP) is 4.50. The molecule has 4 nitrogen and oxygen atoms in total. The van der Waals surface area contributed by atoms with Crippen molar-refractivity contribution in [2.75, 3.05) is 26.7 Å². The number of hydrogen-bond donors (Lipinski definition) is 1. The highest BCUT2D eigenvalue weighted by atomic mass is 35.5. The lowest BCUT2D eigenvalue weighted by atomic mass is 10.1. The third-order valence-electron chi connectivity index (χ3n) is 5.15. The average Bonchev–Trinajstić information content (AvgIpc) is 3.15. The molecule has 2 aromatic carbocycles. The molecule has 1 aliphatic heterocycles. The molecule has 1 saturated heterocycles. The monoisotopic (exact) mass is 388 g/mol. The van der Waals surface area contributed by atoms with Gasteiger partial charge in [-0.05, 0) is 61.3 Å². The minimum Gasteiger partial charge on any atom is -0.493 e. The van der Waals surface area contributed by atoms with Crippen molar-refractivity contribution >= 4 is 11.6 Å². The fourth-order valence-electron chi connectivity index (χ4n) is 3.61. The van der Waals surface area contributed by atoms with Crippen LogP contribution in [0.1, 0.15) is 30.9 Å². The van der Waals surface area contributed by atoms with Gasteiger partial charge >= 0.3 is 0 Å². The second kappa shape index (κ2) is 9.98. The fraction of sp³-hybridized carbons (Fsp3) is 0.455. The zero-order valence-electron chi connectivity index (χ0n) is 16.2. The molecule has 146 valence electrons. The summed E-state index contributed by atoms with van der Waals surface area (Å²) >= 11 is 5.92. The number of nitrogens with one attached hydrogen (secondary N) is 1. The number of likely N-dealkylation sites (tertiary alicyclic amines) is 1. The van der Waals surface area contributed by atoms with E-state index in [-0.39, 0.29) is 0 Å². The van der Waals surface area contributed by atoms with Gasteiger partial charge < -0.3 is 14.8 Å². The lowest BCUT2D eigenvalue weighted by Gasteiger charge is -2.23. The SMILES string of the molecule is CCN1CCCC1CNCc1ccc(OCc2ccc(Cl)cc2)c(OC)c1. The van der Waals surface area contributed by atoms with Crippen molar-refractivity contribution in [2.24, 2.45) is 0 Å². The van der Waals surface area contributed by atoms with Crippen LogP contribution in [0.4, 0.5) is 0 Å². The molecule has 1 heterocycles. The van der Waals surface area contributed by atoms with Crippen LogP contribution in [-0.2, 0) is 13.2 Å². The van der Waals surface area contributed by atoms with Gasteiger partial charge in [0.05, 0.1) is 7.11 Å². The van der Waals surface area contributed by atoms with Gasteiger partial charge in [-0.2, -0.15) is 0 Å². The van der Waals surface area contributed by atoms with E-state index in [1.165, 1.54) is 24.9 Å². The van der Waals surface area contributed by atoms with Crippen LogP contribution in [0.15, 0.2) is 42.5 Å². The molecule has 2 aromatic rings. The van der Waals surface area contributed by atoms with Crippen molar-refractivity contribution in [3.8, 4) is 11.5 Å². The number of benzene rings is 2. The largest absolute Gasteiger partial charge is 0.493 e.